The van der Waals surface area contributed by atoms with Gasteiger partial charge in [-0.3, -0.25) is 9.78 Å². The summed E-state index contributed by atoms with van der Waals surface area (Å²) in [6.07, 6.45) is 7.32. The van der Waals surface area contributed by atoms with Gasteiger partial charge in [-0.2, -0.15) is 5.10 Å². The minimum Gasteiger partial charge on any atom is -0.298 e. The molecule has 0 saturated carbocycles. The van der Waals surface area contributed by atoms with Gasteiger partial charge in [-0.25, -0.2) is 4.68 Å². The van der Waals surface area contributed by atoms with Gasteiger partial charge in [0.1, 0.15) is 0 Å². The van der Waals surface area contributed by atoms with E-state index in [1.165, 1.54) is 6.20 Å². The standard InChI is InChI=1S/C9H7N3O/c13-7-8-5-11-12(6-8)9-1-3-10-4-2-9/h1-7H. The van der Waals surface area contributed by atoms with Gasteiger partial charge in [-0.15, -0.1) is 0 Å². The molecule has 0 bridgehead atoms. The molecule has 2 aromatic heterocycles. The molecule has 0 fully saturated rings. The molecule has 2 heterocycles. The summed E-state index contributed by atoms with van der Waals surface area (Å²) in [5.41, 5.74) is 1.46. The average Bonchev–Trinajstić information content (AvgIpc) is 2.67. The fourth-order valence-electron chi connectivity index (χ4n) is 1.04. The van der Waals surface area contributed by atoms with Crippen LogP contribution in [0.2, 0.25) is 0 Å². The maximum atomic E-state index is 10.4. The van der Waals surface area contributed by atoms with Gasteiger partial charge >= 0.3 is 0 Å². The van der Waals surface area contributed by atoms with Crippen molar-refractivity contribution in [2.45, 2.75) is 0 Å². The van der Waals surface area contributed by atoms with Crippen molar-refractivity contribution in [3.05, 3.63) is 42.5 Å². The summed E-state index contributed by atoms with van der Waals surface area (Å²) in [5, 5.41) is 4.01. The maximum absolute atomic E-state index is 10.4. The van der Waals surface area contributed by atoms with E-state index in [9.17, 15) is 4.79 Å². The van der Waals surface area contributed by atoms with Crippen molar-refractivity contribution in [3.8, 4) is 5.69 Å². The first kappa shape index (κ1) is 7.67. The van der Waals surface area contributed by atoms with Crippen molar-refractivity contribution in [1.82, 2.24) is 14.8 Å². The van der Waals surface area contributed by atoms with Crippen LogP contribution in [0.1, 0.15) is 10.4 Å². The van der Waals surface area contributed by atoms with Gasteiger partial charge in [0, 0.05) is 18.6 Å². The van der Waals surface area contributed by atoms with Gasteiger partial charge < -0.3 is 0 Å². The Hall–Kier alpha value is -1.97. The zero-order chi connectivity index (χ0) is 9.10. The Bertz CT molecular complexity index is 408. The Balaban J connectivity index is 2.41. The third kappa shape index (κ3) is 1.46. The van der Waals surface area contributed by atoms with Gasteiger partial charge in [0.25, 0.3) is 0 Å². The summed E-state index contributed by atoms with van der Waals surface area (Å²) >= 11 is 0. The third-order valence-electron chi connectivity index (χ3n) is 1.67. The Morgan fingerprint density at radius 1 is 1.31 bits per heavy atom. The summed E-state index contributed by atoms with van der Waals surface area (Å²) < 4.78 is 1.63. The van der Waals surface area contributed by atoms with E-state index in [0.717, 1.165) is 12.0 Å². The summed E-state index contributed by atoms with van der Waals surface area (Å²) in [5.74, 6) is 0. The topological polar surface area (TPSA) is 47.8 Å². The predicted molar refractivity (Wildman–Crippen MR) is 46.7 cm³/mol. The molecule has 0 aromatic carbocycles. The lowest BCUT2D eigenvalue weighted by molar-refractivity contribution is 0.112. The SMILES string of the molecule is O=Cc1cnn(-c2ccncc2)c1. The largest absolute Gasteiger partial charge is 0.298 e. The summed E-state index contributed by atoms with van der Waals surface area (Å²) in [4.78, 5) is 14.3. The van der Waals surface area contributed by atoms with Crippen LogP contribution in [0.4, 0.5) is 0 Å². The van der Waals surface area contributed by atoms with Crippen LogP contribution in [0.5, 0.6) is 0 Å². The molecule has 0 aliphatic carbocycles. The maximum Gasteiger partial charge on any atom is 0.153 e. The summed E-state index contributed by atoms with van der Waals surface area (Å²) in [7, 11) is 0. The number of hydrogen-bond donors (Lipinski definition) is 0. The lowest BCUT2D eigenvalue weighted by atomic mass is 10.4. The monoisotopic (exact) mass is 173 g/mol. The minimum atomic E-state index is 0.566. The fraction of sp³-hybridized carbons (Fsp3) is 0. The molecule has 0 amide bonds. The van der Waals surface area contributed by atoms with Crippen LogP contribution in [0.15, 0.2) is 36.9 Å². The highest BCUT2D eigenvalue weighted by atomic mass is 16.1. The van der Waals surface area contributed by atoms with Crippen molar-refractivity contribution < 1.29 is 4.79 Å². The third-order valence-corrected chi connectivity index (χ3v) is 1.67. The number of aldehydes is 1. The number of pyridine rings is 1. The molecule has 0 N–H and O–H groups in total. The van der Waals surface area contributed by atoms with Crippen molar-refractivity contribution in [2.24, 2.45) is 0 Å². The Labute approximate surface area is 74.8 Å². The average molecular weight is 173 g/mol. The molecule has 64 valence electrons. The molecule has 4 nitrogen and oxygen atoms in total. The van der Waals surface area contributed by atoms with Crippen molar-refractivity contribution >= 4 is 6.29 Å². The highest BCUT2D eigenvalue weighted by Crippen LogP contribution is 2.04. The second kappa shape index (κ2) is 3.18. The highest BCUT2D eigenvalue weighted by molar-refractivity contribution is 5.73. The first-order valence-corrected chi connectivity index (χ1v) is 3.80. The molecule has 13 heavy (non-hydrogen) atoms. The Morgan fingerprint density at radius 2 is 2.08 bits per heavy atom. The molecule has 4 heteroatoms. The Morgan fingerprint density at radius 3 is 2.69 bits per heavy atom. The molecule has 2 aromatic rings. The number of rotatable bonds is 2. The van der Waals surface area contributed by atoms with E-state index in [4.69, 9.17) is 0 Å². The molecular formula is C9H7N3O. The van der Waals surface area contributed by atoms with Gasteiger partial charge in [0.2, 0.25) is 0 Å². The number of hydrogen-bond acceptors (Lipinski definition) is 3. The Kier molecular flexibility index (Phi) is 1.88. The normalized spacial score (nSPS) is 9.85. The van der Waals surface area contributed by atoms with E-state index in [1.807, 2.05) is 12.1 Å². The van der Waals surface area contributed by atoms with E-state index in [2.05, 4.69) is 10.1 Å². The van der Waals surface area contributed by atoms with Gasteiger partial charge in [-0.1, -0.05) is 0 Å². The van der Waals surface area contributed by atoms with Crippen LogP contribution in [0, 0.1) is 0 Å². The molecule has 0 aliphatic rings. The summed E-state index contributed by atoms with van der Waals surface area (Å²) in [6, 6.07) is 3.64. The smallest absolute Gasteiger partial charge is 0.153 e. The second-order valence-corrected chi connectivity index (χ2v) is 2.54. The number of carbonyl (C=O) groups is 1. The molecule has 0 spiro atoms. The lowest BCUT2D eigenvalue weighted by Crippen LogP contribution is -1.93. The molecule has 0 radical (unpaired) electrons. The molecule has 2 rings (SSSR count). The zero-order valence-corrected chi connectivity index (χ0v) is 6.79. The zero-order valence-electron chi connectivity index (χ0n) is 6.79. The molecular weight excluding hydrogens is 166 g/mol. The van der Waals surface area contributed by atoms with Gasteiger partial charge in [-0.05, 0) is 12.1 Å². The van der Waals surface area contributed by atoms with Crippen LogP contribution < -0.4 is 0 Å². The van der Waals surface area contributed by atoms with Crippen LogP contribution in [0.25, 0.3) is 5.69 Å². The molecule has 0 saturated heterocycles. The number of nitrogens with zero attached hydrogens (tertiary/aromatic N) is 3. The molecule has 0 aliphatic heterocycles. The van der Waals surface area contributed by atoms with Crippen molar-refractivity contribution in [1.29, 1.82) is 0 Å². The number of aromatic nitrogens is 3. The van der Waals surface area contributed by atoms with Crippen LogP contribution in [-0.2, 0) is 0 Å². The van der Waals surface area contributed by atoms with Crippen molar-refractivity contribution in [3.63, 3.8) is 0 Å². The number of carbonyl (C=O) groups excluding carboxylic acids is 1. The van der Waals surface area contributed by atoms with Crippen molar-refractivity contribution in [2.75, 3.05) is 0 Å². The van der Waals surface area contributed by atoms with Crippen LogP contribution >= 0.6 is 0 Å². The molecule has 0 unspecified atom stereocenters. The lowest BCUT2D eigenvalue weighted by Gasteiger charge is -1.97. The van der Waals surface area contributed by atoms with Gasteiger partial charge in [0.15, 0.2) is 6.29 Å². The first-order chi connectivity index (χ1) is 6.40. The van der Waals surface area contributed by atoms with E-state index in [1.54, 1.807) is 23.3 Å². The van der Waals surface area contributed by atoms with E-state index < -0.39 is 0 Å². The van der Waals surface area contributed by atoms with Crippen LogP contribution in [-0.4, -0.2) is 21.1 Å². The van der Waals surface area contributed by atoms with Gasteiger partial charge in [0.05, 0.1) is 17.4 Å². The van der Waals surface area contributed by atoms with E-state index >= 15 is 0 Å². The molecule has 0 atom stereocenters. The minimum absolute atomic E-state index is 0.566. The second-order valence-electron chi connectivity index (χ2n) is 2.54. The first-order valence-electron chi connectivity index (χ1n) is 3.80. The van der Waals surface area contributed by atoms with E-state index in [-0.39, 0.29) is 0 Å². The quantitative estimate of drug-likeness (QED) is 0.638. The predicted octanol–water partition coefficient (Wildman–Crippen LogP) is 1.08. The van der Waals surface area contributed by atoms with E-state index in [0.29, 0.717) is 5.56 Å². The summed E-state index contributed by atoms with van der Waals surface area (Å²) in [6.45, 7) is 0. The van der Waals surface area contributed by atoms with Crippen LogP contribution in [0.3, 0.4) is 0 Å². The fourth-order valence-corrected chi connectivity index (χ4v) is 1.04. The highest BCUT2D eigenvalue weighted by Gasteiger charge is 1.97.